The number of nitrogens with two attached hydrogens (primary N) is 1. The van der Waals surface area contributed by atoms with Crippen molar-refractivity contribution in [3.8, 4) is 0 Å². The Bertz CT molecular complexity index is 865. The number of nitrogens with zero attached hydrogens (tertiary/aromatic N) is 2. The molecule has 0 spiro atoms. The van der Waals surface area contributed by atoms with Crippen LogP contribution in [-0.4, -0.2) is 21.1 Å². The van der Waals surface area contributed by atoms with Crippen molar-refractivity contribution in [3.63, 3.8) is 0 Å². The maximum atomic E-state index is 13.1. The fourth-order valence-corrected chi connectivity index (χ4v) is 2.19. The zero-order valence-corrected chi connectivity index (χ0v) is 11.9. The van der Waals surface area contributed by atoms with Gasteiger partial charge in [0.2, 0.25) is 0 Å². The van der Waals surface area contributed by atoms with Gasteiger partial charge >= 0.3 is 0 Å². The molecule has 0 unspecified atom stereocenters. The van der Waals surface area contributed by atoms with Crippen LogP contribution >= 0.6 is 11.6 Å². The highest BCUT2D eigenvalue weighted by molar-refractivity contribution is 6.30. The summed E-state index contributed by atoms with van der Waals surface area (Å²) in [5, 5.41) is 9.15. The Labute approximate surface area is 128 Å². The van der Waals surface area contributed by atoms with Crippen LogP contribution in [0.15, 0.2) is 24.5 Å². The average Bonchev–Trinajstić information content (AvgIpc) is 2.90. The second-order valence-corrected chi connectivity index (χ2v) is 4.95. The Morgan fingerprint density at radius 2 is 2.32 bits per heavy atom. The van der Waals surface area contributed by atoms with Crippen molar-refractivity contribution in [3.05, 3.63) is 46.6 Å². The third-order valence-electron chi connectivity index (χ3n) is 3.09. The lowest BCUT2D eigenvalue weighted by molar-refractivity contribution is -0.349. The molecule has 0 aliphatic carbocycles. The number of fused-ring (bicyclic) bond motifs is 1. The number of amides is 1. The van der Waals surface area contributed by atoms with Gasteiger partial charge in [0, 0.05) is 6.54 Å². The highest BCUT2D eigenvalue weighted by atomic mass is 35.5. The van der Waals surface area contributed by atoms with Crippen molar-refractivity contribution in [2.45, 2.75) is 6.54 Å². The Balaban J connectivity index is 1.80. The van der Waals surface area contributed by atoms with Gasteiger partial charge < -0.3 is 11.1 Å². The summed E-state index contributed by atoms with van der Waals surface area (Å²) in [4.78, 5) is 19.0. The van der Waals surface area contributed by atoms with Gasteiger partial charge in [-0.2, -0.15) is 5.10 Å². The van der Waals surface area contributed by atoms with Crippen LogP contribution in [0.1, 0.15) is 16.1 Å². The van der Waals surface area contributed by atoms with E-state index in [1.54, 1.807) is 0 Å². The van der Waals surface area contributed by atoms with Crippen LogP contribution in [0.5, 0.6) is 0 Å². The molecule has 9 heteroatoms. The van der Waals surface area contributed by atoms with Gasteiger partial charge in [0.1, 0.15) is 5.82 Å². The number of halogens is 2. The van der Waals surface area contributed by atoms with Crippen LogP contribution < -0.4 is 16.0 Å². The molecule has 0 bridgehead atoms. The Hall–Kier alpha value is -2.74. The van der Waals surface area contributed by atoms with Crippen LogP contribution in [0.25, 0.3) is 11.0 Å². The first-order valence-corrected chi connectivity index (χ1v) is 6.66. The van der Waals surface area contributed by atoms with E-state index < -0.39 is 11.7 Å². The molecular formula is C13H11ClFN6O+. The zero-order valence-electron chi connectivity index (χ0n) is 11.2. The monoisotopic (exact) mass is 321 g/mol. The Morgan fingerprint density at radius 3 is 3.09 bits per heavy atom. The summed E-state index contributed by atoms with van der Waals surface area (Å²) in [5.41, 5.74) is 7.40. The molecule has 3 rings (SSSR count). The lowest BCUT2D eigenvalue weighted by atomic mass is 10.2. The van der Waals surface area contributed by atoms with Crippen molar-refractivity contribution in [1.82, 2.24) is 20.5 Å². The van der Waals surface area contributed by atoms with Gasteiger partial charge in [-0.3, -0.25) is 9.89 Å². The number of anilines is 1. The van der Waals surface area contributed by atoms with Gasteiger partial charge in [0.05, 0.1) is 5.02 Å². The number of carbonyl (C=O) groups is 1. The van der Waals surface area contributed by atoms with Gasteiger partial charge in [-0.15, -0.1) is 0 Å². The minimum Gasteiger partial charge on any atom is -0.379 e. The number of rotatable bonds is 3. The summed E-state index contributed by atoms with van der Waals surface area (Å²) in [5.74, 6) is -0.675. The molecule has 7 nitrogen and oxygen atoms in total. The third kappa shape index (κ3) is 2.56. The van der Waals surface area contributed by atoms with Gasteiger partial charge in [-0.1, -0.05) is 17.7 Å². The molecule has 0 radical (unpaired) electrons. The van der Waals surface area contributed by atoms with E-state index in [0.29, 0.717) is 16.6 Å². The predicted octanol–water partition coefficient (Wildman–Crippen LogP) is 1.08. The molecule has 0 atom stereocenters. The van der Waals surface area contributed by atoms with Gasteiger partial charge in [-0.05, 0) is 22.7 Å². The van der Waals surface area contributed by atoms with Gasteiger partial charge in [0.15, 0.2) is 16.9 Å². The number of benzene rings is 1. The van der Waals surface area contributed by atoms with E-state index in [2.05, 4.69) is 25.5 Å². The van der Waals surface area contributed by atoms with Crippen LogP contribution in [-0.2, 0) is 6.54 Å². The molecular weight excluding hydrogens is 311 g/mol. The number of H-pyrrole nitrogens is 2. The van der Waals surface area contributed by atoms with Crippen LogP contribution in [0.3, 0.4) is 0 Å². The number of carbonyl (C=O) groups excluding carboxylic acids is 1. The molecule has 5 N–H and O–H groups in total. The molecule has 0 fully saturated rings. The predicted molar refractivity (Wildman–Crippen MR) is 77.4 cm³/mol. The first-order valence-electron chi connectivity index (χ1n) is 6.28. The van der Waals surface area contributed by atoms with Gasteiger partial charge in [0.25, 0.3) is 17.9 Å². The quantitative estimate of drug-likeness (QED) is 0.670. The van der Waals surface area contributed by atoms with Crippen LogP contribution in [0.2, 0.25) is 5.02 Å². The maximum absolute atomic E-state index is 13.1. The highest BCUT2D eigenvalue weighted by Crippen LogP contribution is 2.17. The minimum absolute atomic E-state index is 0.00270. The van der Waals surface area contributed by atoms with Crippen molar-refractivity contribution in [2.75, 3.05) is 5.73 Å². The maximum Gasteiger partial charge on any atom is 0.298 e. The topological polar surface area (TPSA) is 111 Å². The standard InChI is InChI=1S/C13H10ClFN6O/c14-7-3-6(1-2-8(7)15)4-17-13(22)11-9-10(18-5-19-11)12(16)21-20-9/h1-3,5H,4H2,(H,17,22)(H3,16,20,21)/p+1. The summed E-state index contributed by atoms with van der Waals surface area (Å²) in [6.45, 7) is 0.185. The Morgan fingerprint density at radius 1 is 1.50 bits per heavy atom. The zero-order chi connectivity index (χ0) is 15.7. The average molecular weight is 322 g/mol. The number of aromatic amines is 2. The number of nitrogens with one attached hydrogen (secondary N) is 3. The van der Waals surface area contributed by atoms with Crippen molar-refractivity contribution in [2.24, 2.45) is 0 Å². The summed E-state index contributed by atoms with van der Waals surface area (Å²) < 4.78 is 13.1. The number of nitrogen functional groups attached to an aromatic ring is 1. The van der Waals surface area contributed by atoms with E-state index in [-0.39, 0.29) is 23.1 Å². The third-order valence-corrected chi connectivity index (χ3v) is 3.38. The van der Waals surface area contributed by atoms with E-state index in [9.17, 15) is 9.18 Å². The SMILES string of the molecule is Nc1n[nH]c2c(C(=O)NCc3ccc(F)c(Cl)c3)nc[nH+]c12. The fourth-order valence-electron chi connectivity index (χ4n) is 1.99. The largest absolute Gasteiger partial charge is 0.379 e. The molecule has 1 amide bonds. The van der Waals surface area contributed by atoms with Crippen molar-refractivity contribution < 1.29 is 14.2 Å². The summed E-state index contributed by atoms with van der Waals surface area (Å²) in [7, 11) is 0. The normalized spacial score (nSPS) is 10.8. The van der Waals surface area contributed by atoms with Crippen molar-refractivity contribution >= 4 is 34.4 Å². The molecule has 0 aliphatic rings. The molecule has 3 aromatic rings. The number of hydrogen-bond acceptors (Lipinski definition) is 4. The van der Waals surface area contributed by atoms with Crippen LogP contribution in [0.4, 0.5) is 10.2 Å². The van der Waals surface area contributed by atoms with E-state index in [0.717, 1.165) is 0 Å². The number of aromatic nitrogens is 4. The van der Waals surface area contributed by atoms with E-state index in [4.69, 9.17) is 17.3 Å². The van der Waals surface area contributed by atoms with E-state index in [1.165, 1.54) is 24.5 Å². The first-order chi connectivity index (χ1) is 10.6. The fraction of sp³-hybridized carbons (Fsp3) is 0.0769. The highest BCUT2D eigenvalue weighted by Gasteiger charge is 2.21. The molecule has 0 aliphatic heterocycles. The van der Waals surface area contributed by atoms with E-state index >= 15 is 0 Å². The Kier molecular flexibility index (Phi) is 3.60. The first kappa shape index (κ1) is 14.2. The van der Waals surface area contributed by atoms with E-state index in [1.807, 2.05) is 0 Å². The van der Waals surface area contributed by atoms with Gasteiger partial charge in [-0.25, -0.2) is 9.37 Å². The molecule has 0 saturated carbocycles. The lowest BCUT2D eigenvalue weighted by Crippen LogP contribution is -2.25. The summed E-state index contributed by atoms with van der Waals surface area (Å²) in [6.07, 6.45) is 1.36. The molecule has 0 saturated heterocycles. The van der Waals surface area contributed by atoms with Crippen LogP contribution in [0, 0.1) is 5.82 Å². The molecule has 22 heavy (non-hydrogen) atoms. The lowest BCUT2D eigenvalue weighted by Gasteiger charge is -2.04. The minimum atomic E-state index is -0.508. The number of hydrogen-bond donors (Lipinski definition) is 3. The molecule has 2 heterocycles. The van der Waals surface area contributed by atoms with Crippen molar-refractivity contribution in [1.29, 1.82) is 0 Å². The molecule has 1 aromatic carbocycles. The molecule has 2 aromatic heterocycles. The summed E-state index contributed by atoms with van der Waals surface area (Å²) in [6, 6.07) is 4.23. The second-order valence-electron chi connectivity index (χ2n) is 4.54. The molecule has 112 valence electrons. The second kappa shape index (κ2) is 5.57. The summed E-state index contributed by atoms with van der Waals surface area (Å²) >= 11 is 5.70. The smallest absolute Gasteiger partial charge is 0.298 e.